The second-order valence-corrected chi connectivity index (χ2v) is 8.67. The van der Waals surface area contributed by atoms with Crippen molar-refractivity contribution < 1.29 is 19.1 Å². The van der Waals surface area contributed by atoms with E-state index in [0.717, 1.165) is 14.9 Å². The van der Waals surface area contributed by atoms with Crippen molar-refractivity contribution in [2.45, 2.75) is 6.61 Å². The molecule has 1 heterocycles. The summed E-state index contributed by atoms with van der Waals surface area (Å²) in [5, 5.41) is 2.62. The summed E-state index contributed by atoms with van der Waals surface area (Å²) < 4.78 is 6.75. The highest BCUT2D eigenvalue weighted by molar-refractivity contribution is 9.10. The lowest BCUT2D eigenvalue weighted by atomic mass is 10.1. The molecular formula is C24H15BrCl2N2O4. The van der Waals surface area contributed by atoms with E-state index < -0.39 is 17.8 Å². The highest BCUT2D eigenvalue weighted by Crippen LogP contribution is 2.29. The monoisotopic (exact) mass is 544 g/mol. The van der Waals surface area contributed by atoms with Crippen LogP contribution < -0.4 is 15.0 Å². The van der Waals surface area contributed by atoms with Crippen LogP contribution in [0.2, 0.25) is 10.0 Å². The van der Waals surface area contributed by atoms with Gasteiger partial charge in [0.2, 0.25) is 0 Å². The lowest BCUT2D eigenvalue weighted by molar-refractivity contribution is -0.122. The fourth-order valence-electron chi connectivity index (χ4n) is 3.12. The van der Waals surface area contributed by atoms with Crippen LogP contribution >= 0.6 is 39.1 Å². The molecule has 0 saturated carbocycles. The number of amides is 4. The summed E-state index contributed by atoms with van der Waals surface area (Å²) in [5.41, 5.74) is 1.59. The Kier molecular flexibility index (Phi) is 6.83. The van der Waals surface area contributed by atoms with E-state index in [1.165, 1.54) is 24.3 Å². The third-order valence-corrected chi connectivity index (χ3v) is 6.32. The Labute approximate surface area is 207 Å². The minimum atomic E-state index is -0.864. The van der Waals surface area contributed by atoms with Gasteiger partial charge in [-0.1, -0.05) is 69.5 Å². The fourth-order valence-corrected chi connectivity index (χ4v) is 3.81. The standard InChI is InChI=1S/C24H15BrCl2N2O4/c25-19-4-2-1-3-15(19)13-33-17-8-5-14(6-9-17)11-18-22(30)28-24(32)29(23(18)31)16-7-10-20(26)21(27)12-16/h1-12H,13H2,(H,28,30,32)/b18-11+. The average Bonchev–Trinajstić information content (AvgIpc) is 2.79. The molecule has 1 aliphatic rings. The summed E-state index contributed by atoms with van der Waals surface area (Å²) in [5.74, 6) is -0.924. The van der Waals surface area contributed by atoms with Crippen LogP contribution in [0.25, 0.3) is 6.08 Å². The topological polar surface area (TPSA) is 75.7 Å². The van der Waals surface area contributed by atoms with Crippen LogP contribution in [-0.2, 0) is 16.2 Å². The number of barbiturate groups is 1. The zero-order valence-electron chi connectivity index (χ0n) is 16.8. The van der Waals surface area contributed by atoms with Gasteiger partial charge < -0.3 is 4.74 Å². The van der Waals surface area contributed by atoms with Gasteiger partial charge in [0.05, 0.1) is 15.7 Å². The first kappa shape index (κ1) is 23.0. The summed E-state index contributed by atoms with van der Waals surface area (Å²) in [4.78, 5) is 38.5. The minimum absolute atomic E-state index is 0.176. The van der Waals surface area contributed by atoms with E-state index in [-0.39, 0.29) is 21.3 Å². The van der Waals surface area contributed by atoms with E-state index >= 15 is 0 Å². The number of benzene rings is 3. The Hall–Kier alpha value is -3.13. The van der Waals surface area contributed by atoms with Crippen molar-refractivity contribution in [3.63, 3.8) is 0 Å². The second kappa shape index (κ2) is 9.79. The van der Waals surface area contributed by atoms with E-state index in [1.54, 1.807) is 24.3 Å². The molecule has 0 unspecified atom stereocenters. The molecule has 9 heteroatoms. The number of imide groups is 2. The summed E-state index contributed by atoms with van der Waals surface area (Å²) in [6, 6.07) is 18.1. The van der Waals surface area contributed by atoms with Gasteiger partial charge in [0.15, 0.2) is 0 Å². The third kappa shape index (κ3) is 5.11. The van der Waals surface area contributed by atoms with Gasteiger partial charge in [0.1, 0.15) is 17.9 Å². The van der Waals surface area contributed by atoms with E-state index in [0.29, 0.717) is 17.9 Å². The highest BCUT2D eigenvalue weighted by atomic mass is 79.9. The number of hydrogen-bond donors (Lipinski definition) is 1. The lowest BCUT2D eigenvalue weighted by Crippen LogP contribution is -2.54. The van der Waals surface area contributed by atoms with Crippen molar-refractivity contribution in [3.8, 4) is 5.75 Å². The van der Waals surface area contributed by atoms with Crippen molar-refractivity contribution >= 4 is 68.7 Å². The van der Waals surface area contributed by atoms with Crippen LogP contribution in [0.3, 0.4) is 0 Å². The van der Waals surface area contributed by atoms with Gasteiger partial charge in [0.25, 0.3) is 11.8 Å². The molecule has 0 aromatic heterocycles. The SMILES string of the molecule is O=C1NC(=O)N(c2ccc(Cl)c(Cl)c2)C(=O)/C1=C/c1ccc(OCc2ccccc2Br)cc1. The Balaban J connectivity index is 1.53. The molecule has 1 aliphatic heterocycles. The number of ether oxygens (including phenoxy) is 1. The van der Waals surface area contributed by atoms with Crippen molar-refractivity contribution in [2.24, 2.45) is 0 Å². The van der Waals surface area contributed by atoms with Crippen molar-refractivity contribution in [2.75, 3.05) is 4.90 Å². The number of carbonyl (C=O) groups excluding carboxylic acids is 3. The molecule has 4 amide bonds. The largest absolute Gasteiger partial charge is 0.489 e. The molecule has 1 N–H and O–H groups in total. The third-order valence-electron chi connectivity index (χ3n) is 4.81. The number of urea groups is 1. The molecule has 0 radical (unpaired) electrons. The number of halogens is 3. The van der Waals surface area contributed by atoms with Gasteiger partial charge in [-0.25, -0.2) is 9.69 Å². The van der Waals surface area contributed by atoms with E-state index in [9.17, 15) is 14.4 Å². The van der Waals surface area contributed by atoms with E-state index in [1.807, 2.05) is 24.3 Å². The number of hydrogen-bond acceptors (Lipinski definition) is 4. The maximum atomic E-state index is 13.0. The maximum Gasteiger partial charge on any atom is 0.335 e. The molecule has 0 spiro atoms. The van der Waals surface area contributed by atoms with Crippen molar-refractivity contribution in [1.82, 2.24) is 5.32 Å². The lowest BCUT2D eigenvalue weighted by Gasteiger charge is -2.26. The second-order valence-electron chi connectivity index (χ2n) is 7.01. The minimum Gasteiger partial charge on any atom is -0.489 e. The number of nitrogens with zero attached hydrogens (tertiary/aromatic N) is 1. The van der Waals surface area contributed by atoms with Gasteiger partial charge >= 0.3 is 6.03 Å². The quantitative estimate of drug-likeness (QED) is 0.315. The summed E-state index contributed by atoms with van der Waals surface area (Å²) in [7, 11) is 0. The Morgan fingerprint density at radius 2 is 1.67 bits per heavy atom. The summed E-state index contributed by atoms with van der Waals surface area (Å²) in [6.07, 6.45) is 1.41. The van der Waals surface area contributed by atoms with Crippen molar-refractivity contribution in [1.29, 1.82) is 0 Å². The smallest absolute Gasteiger partial charge is 0.335 e. The predicted molar refractivity (Wildman–Crippen MR) is 130 cm³/mol. The van der Waals surface area contributed by atoms with Crippen LogP contribution in [0, 0.1) is 0 Å². The first-order chi connectivity index (χ1) is 15.8. The van der Waals surface area contributed by atoms with Gasteiger partial charge in [-0.05, 0) is 48.0 Å². The summed E-state index contributed by atoms with van der Waals surface area (Å²) >= 11 is 15.4. The van der Waals surface area contributed by atoms with Crippen LogP contribution in [0.4, 0.5) is 10.5 Å². The molecular weight excluding hydrogens is 531 g/mol. The molecule has 3 aromatic rings. The molecule has 33 heavy (non-hydrogen) atoms. The number of anilines is 1. The maximum absolute atomic E-state index is 13.0. The molecule has 0 bridgehead atoms. The van der Waals surface area contributed by atoms with Crippen LogP contribution in [0.5, 0.6) is 5.75 Å². The first-order valence-corrected chi connectivity index (χ1v) is 11.2. The molecule has 4 rings (SSSR count). The number of rotatable bonds is 5. The summed E-state index contributed by atoms with van der Waals surface area (Å²) in [6.45, 7) is 0.378. The van der Waals surface area contributed by atoms with Crippen LogP contribution in [-0.4, -0.2) is 17.8 Å². The Morgan fingerprint density at radius 3 is 2.36 bits per heavy atom. The van der Waals surface area contributed by atoms with E-state index in [4.69, 9.17) is 27.9 Å². The number of nitrogens with one attached hydrogen (secondary N) is 1. The predicted octanol–water partition coefficient (Wildman–Crippen LogP) is 6.00. The molecule has 3 aromatic carbocycles. The zero-order valence-corrected chi connectivity index (χ0v) is 19.9. The normalized spacial score (nSPS) is 15.1. The van der Waals surface area contributed by atoms with E-state index in [2.05, 4.69) is 21.2 Å². The molecule has 1 saturated heterocycles. The fraction of sp³-hybridized carbons (Fsp3) is 0.0417. The first-order valence-electron chi connectivity index (χ1n) is 9.66. The average molecular weight is 546 g/mol. The molecule has 166 valence electrons. The highest BCUT2D eigenvalue weighted by Gasteiger charge is 2.37. The number of carbonyl (C=O) groups is 3. The molecule has 6 nitrogen and oxygen atoms in total. The Morgan fingerprint density at radius 1 is 0.939 bits per heavy atom. The van der Waals surface area contributed by atoms with Crippen LogP contribution in [0.1, 0.15) is 11.1 Å². The zero-order chi connectivity index (χ0) is 23.5. The van der Waals surface area contributed by atoms with Crippen molar-refractivity contribution in [3.05, 3.63) is 97.9 Å². The van der Waals surface area contributed by atoms with Gasteiger partial charge in [-0.15, -0.1) is 0 Å². The Bertz CT molecular complexity index is 1290. The van der Waals surface area contributed by atoms with Gasteiger partial charge in [0, 0.05) is 10.0 Å². The van der Waals surface area contributed by atoms with Crippen LogP contribution in [0.15, 0.2) is 76.8 Å². The molecule has 1 fully saturated rings. The van der Waals surface area contributed by atoms with Gasteiger partial charge in [-0.3, -0.25) is 14.9 Å². The molecule has 0 atom stereocenters. The van der Waals surface area contributed by atoms with Gasteiger partial charge in [-0.2, -0.15) is 0 Å². The molecule has 0 aliphatic carbocycles.